The molecule has 0 atom stereocenters. The Morgan fingerprint density at radius 3 is 2.50 bits per heavy atom. The first-order valence-corrected chi connectivity index (χ1v) is 10.4. The van der Waals surface area contributed by atoms with Crippen LogP contribution in [0.5, 0.6) is 0 Å². The van der Waals surface area contributed by atoms with Gasteiger partial charge in [0.2, 0.25) is 0 Å². The van der Waals surface area contributed by atoms with E-state index in [1.54, 1.807) is 35.1 Å². The number of nitrogens with zero attached hydrogens (tertiary/aromatic N) is 2. The van der Waals surface area contributed by atoms with Gasteiger partial charge in [-0.1, -0.05) is 22.0 Å². The van der Waals surface area contributed by atoms with Gasteiger partial charge >= 0.3 is 0 Å². The van der Waals surface area contributed by atoms with E-state index in [0.29, 0.717) is 11.4 Å². The lowest BCUT2D eigenvalue weighted by atomic mass is 10.3. The summed E-state index contributed by atoms with van der Waals surface area (Å²) in [6, 6.07) is 10.8. The van der Waals surface area contributed by atoms with Crippen LogP contribution in [-0.4, -0.2) is 18.2 Å². The third-order valence-corrected chi connectivity index (χ3v) is 6.16. The SMILES string of the molecule is CC(C)n1cc(S(=O)(=O)Nc2ccc(Br)cc2)c(-c2cccs2)n1. The van der Waals surface area contributed by atoms with Gasteiger partial charge in [-0.3, -0.25) is 9.40 Å². The Hall–Kier alpha value is -1.64. The average molecular weight is 426 g/mol. The van der Waals surface area contributed by atoms with E-state index < -0.39 is 10.0 Å². The van der Waals surface area contributed by atoms with Crippen LogP contribution in [0, 0.1) is 0 Å². The zero-order chi connectivity index (χ0) is 17.3. The van der Waals surface area contributed by atoms with Crippen LogP contribution in [-0.2, 0) is 10.0 Å². The van der Waals surface area contributed by atoms with Crippen molar-refractivity contribution in [2.24, 2.45) is 0 Å². The number of hydrogen-bond donors (Lipinski definition) is 1. The molecule has 126 valence electrons. The zero-order valence-corrected chi connectivity index (χ0v) is 16.3. The fraction of sp³-hybridized carbons (Fsp3) is 0.188. The molecule has 0 aliphatic carbocycles. The number of rotatable bonds is 5. The Balaban J connectivity index is 2.04. The second-order valence-electron chi connectivity index (χ2n) is 5.51. The van der Waals surface area contributed by atoms with Crippen molar-refractivity contribution >= 4 is 43.0 Å². The van der Waals surface area contributed by atoms with Gasteiger partial charge in [0.25, 0.3) is 10.0 Å². The van der Waals surface area contributed by atoms with E-state index in [2.05, 4.69) is 25.8 Å². The highest BCUT2D eigenvalue weighted by Gasteiger charge is 2.25. The molecule has 0 radical (unpaired) electrons. The molecule has 3 rings (SSSR count). The number of benzene rings is 1. The van der Waals surface area contributed by atoms with Crippen molar-refractivity contribution in [3.05, 3.63) is 52.4 Å². The van der Waals surface area contributed by atoms with Crippen LogP contribution in [0.1, 0.15) is 19.9 Å². The third kappa shape index (κ3) is 3.55. The molecule has 3 aromatic rings. The molecule has 1 N–H and O–H groups in total. The smallest absolute Gasteiger partial charge is 0.265 e. The number of hydrogen-bond acceptors (Lipinski definition) is 4. The first kappa shape index (κ1) is 17.2. The first-order chi connectivity index (χ1) is 11.4. The molecule has 5 nitrogen and oxygen atoms in total. The molecule has 0 fully saturated rings. The van der Waals surface area contributed by atoms with Crippen molar-refractivity contribution in [3.8, 4) is 10.6 Å². The monoisotopic (exact) mass is 425 g/mol. The van der Waals surface area contributed by atoms with Gasteiger partial charge in [-0.05, 0) is 49.6 Å². The number of halogens is 1. The topological polar surface area (TPSA) is 64.0 Å². The lowest BCUT2D eigenvalue weighted by Gasteiger charge is -2.07. The molecule has 0 amide bonds. The fourth-order valence-electron chi connectivity index (χ4n) is 2.15. The lowest BCUT2D eigenvalue weighted by molar-refractivity contribution is 0.532. The van der Waals surface area contributed by atoms with E-state index in [0.717, 1.165) is 9.35 Å². The second kappa shape index (κ2) is 6.70. The molecule has 2 heterocycles. The van der Waals surface area contributed by atoms with Gasteiger partial charge in [0, 0.05) is 22.4 Å². The normalized spacial score (nSPS) is 11.8. The molecule has 0 aliphatic heterocycles. The van der Waals surface area contributed by atoms with Crippen molar-refractivity contribution in [1.82, 2.24) is 9.78 Å². The molecule has 0 bridgehead atoms. The summed E-state index contributed by atoms with van der Waals surface area (Å²) < 4.78 is 30.9. The minimum absolute atomic E-state index is 0.0698. The Morgan fingerprint density at radius 2 is 1.92 bits per heavy atom. The molecular formula is C16H16BrN3O2S2. The van der Waals surface area contributed by atoms with Crippen molar-refractivity contribution in [2.45, 2.75) is 24.8 Å². The third-order valence-electron chi connectivity index (χ3n) is 3.37. The van der Waals surface area contributed by atoms with Gasteiger partial charge in [-0.15, -0.1) is 11.3 Å². The van der Waals surface area contributed by atoms with Crippen molar-refractivity contribution < 1.29 is 8.42 Å². The van der Waals surface area contributed by atoms with Gasteiger partial charge in [0.05, 0.1) is 4.88 Å². The van der Waals surface area contributed by atoms with E-state index in [-0.39, 0.29) is 10.9 Å². The van der Waals surface area contributed by atoms with Gasteiger partial charge in [-0.25, -0.2) is 8.42 Å². The fourth-order valence-corrected chi connectivity index (χ4v) is 4.41. The molecule has 8 heteroatoms. The summed E-state index contributed by atoms with van der Waals surface area (Å²) in [5, 5.41) is 6.38. The van der Waals surface area contributed by atoms with Crippen LogP contribution in [0.2, 0.25) is 0 Å². The number of sulfonamides is 1. The maximum Gasteiger partial charge on any atom is 0.265 e. The van der Waals surface area contributed by atoms with Crippen LogP contribution in [0.4, 0.5) is 5.69 Å². The number of anilines is 1. The van der Waals surface area contributed by atoms with Crippen LogP contribution in [0.15, 0.2) is 57.3 Å². The van der Waals surface area contributed by atoms with E-state index >= 15 is 0 Å². The predicted octanol–water partition coefficient (Wildman–Crippen LogP) is 4.76. The molecule has 0 saturated carbocycles. The largest absolute Gasteiger partial charge is 0.280 e. The van der Waals surface area contributed by atoms with Gasteiger partial charge in [0.1, 0.15) is 10.6 Å². The Labute approximate surface area is 153 Å². The number of nitrogens with one attached hydrogen (secondary N) is 1. The maximum atomic E-state index is 12.9. The minimum atomic E-state index is -3.74. The average Bonchev–Trinajstić information content (AvgIpc) is 3.18. The first-order valence-electron chi connectivity index (χ1n) is 7.28. The molecule has 1 aromatic carbocycles. The predicted molar refractivity (Wildman–Crippen MR) is 101 cm³/mol. The minimum Gasteiger partial charge on any atom is -0.280 e. The molecule has 0 aliphatic rings. The van der Waals surface area contributed by atoms with Crippen molar-refractivity contribution in [2.75, 3.05) is 4.72 Å². The van der Waals surface area contributed by atoms with Crippen LogP contribution >= 0.6 is 27.3 Å². The molecule has 2 aromatic heterocycles. The molecule has 0 unspecified atom stereocenters. The highest BCUT2D eigenvalue weighted by molar-refractivity contribution is 9.10. The Kier molecular flexibility index (Phi) is 4.80. The summed E-state index contributed by atoms with van der Waals surface area (Å²) >= 11 is 4.80. The summed E-state index contributed by atoms with van der Waals surface area (Å²) in [5.41, 5.74) is 0.982. The van der Waals surface area contributed by atoms with Gasteiger partial charge in [0.15, 0.2) is 0 Å². The standard InChI is InChI=1S/C16H16BrN3O2S2/c1-11(2)20-10-15(16(18-20)14-4-3-9-23-14)24(21,22)19-13-7-5-12(17)6-8-13/h3-11,19H,1-2H3. The van der Waals surface area contributed by atoms with Crippen LogP contribution < -0.4 is 4.72 Å². The second-order valence-corrected chi connectivity index (χ2v) is 9.02. The maximum absolute atomic E-state index is 12.9. The summed E-state index contributed by atoms with van der Waals surface area (Å²) in [6.07, 6.45) is 1.58. The summed E-state index contributed by atoms with van der Waals surface area (Å²) in [4.78, 5) is 1.01. The molecule has 24 heavy (non-hydrogen) atoms. The van der Waals surface area contributed by atoms with Crippen molar-refractivity contribution in [1.29, 1.82) is 0 Å². The highest BCUT2D eigenvalue weighted by Crippen LogP contribution is 2.31. The molecular weight excluding hydrogens is 410 g/mol. The number of thiophene rings is 1. The quantitative estimate of drug-likeness (QED) is 0.640. The Morgan fingerprint density at radius 1 is 1.21 bits per heavy atom. The van der Waals surface area contributed by atoms with Gasteiger partial charge < -0.3 is 0 Å². The molecule has 0 spiro atoms. The molecule has 0 saturated heterocycles. The summed E-state index contributed by atoms with van der Waals surface area (Å²) in [5.74, 6) is 0. The van der Waals surface area contributed by atoms with E-state index in [4.69, 9.17) is 0 Å². The van der Waals surface area contributed by atoms with Crippen molar-refractivity contribution in [3.63, 3.8) is 0 Å². The summed E-state index contributed by atoms with van der Waals surface area (Å²) in [6.45, 7) is 3.92. The lowest BCUT2D eigenvalue weighted by Crippen LogP contribution is -2.13. The van der Waals surface area contributed by atoms with E-state index in [1.807, 2.05) is 31.4 Å². The van der Waals surface area contributed by atoms with E-state index in [9.17, 15) is 8.42 Å². The zero-order valence-electron chi connectivity index (χ0n) is 13.1. The Bertz CT molecular complexity index is 930. The number of aromatic nitrogens is 2. The van der Waals surface area contributed by atoms with Crippen LogP contribution in [0.3, 0.4) is 0 Å². The van der Waals surface area contributed by atoms with Crippen LogP contribution in [0.25, 0.3) is 10.6 Å². The van der Waals surface area contributed by atoms with Gasteiger partial charge in [-0.2, -0.15) is 5.10 Å². The summed E-state index contributed by atoms with van der Waals surface area (Å²) in [7, 11) is -3.74. The highest BCUT2D eigenvalue weighted by atomic mass is 79.9. The van der Waals surface area contributed by atoms with E-state index in [1.165, 1.54) is 11.3 Å².